The summed E-state index contributed by atoms with van der Waals surface area (Å²) in [6, 6.07) is 0. The summed E-state index contributed by atoms with van der Waals surface area (Å²) in [4.78, 5) is 0. The van der Waals surface area contributed by atoms with Crippen LogP contribution in [-0.4, -0.2) is 12.2 Å². The molecular weight excluding hydrogens is 195 g/mol. The average Bonchev–Trinajstić information content (AvgIpc) is 1.63. The third-order valence-corrected chi connectivity index (χ3v) is 1.65. The quantitative estimate of drug-likeness (QED) is 0.539. The molecular formula is C6H14ClFeO2. The van der Waals surface area contributed by atoms with E-state index >= 15 is 0 Å². The van der Waals surface area contributed by atoms with Gasteiger partial charge in [0.25, 0.3) is 0 Å². The van der Waals surface area contributed by atoms with Gasteiger partial charge in [-0.25, -0.2) is 0 Å². The molecule has 0 bridgehead atoms. The SMILES string of the molecule is CC(C)[O][Fe+][O]C(C)C.[Cl-]. The third kappa shape index (κ3) is 11.5. The Balaban J connectivity index is 0. The van der Waals surface area contributed by atoms with Crippen molar-refractivity contribution in [2.45, 2.75) is 39.9 Å². The Morgan fingerprint density at radius 3 is 1.40 bits per heavy atom. The van der Waals surface area contributed by atoms with Crippen molar-refractivity contribution in [2.75, 3.05) is 0 Å². The first kappa shape index (κ1) is 13.3. The van der Waals surface area contributed by atoms with Gasteiger partial charge >= 0.3 is 63.2 Å². The minimum Gasteiger partial charge on any atom is -1.00 e. The van der Waals surface area contributed by atoms with Gasteiger partial charge in [-0.05, 0) is 0 Å². The second-order valence-corrected chi connectivity index (χ2v) is 3.03. The van der Waals surface area contributed by atoms with Crippen LogP contribution in [0.4, 0.5) is 0 Å². The fraction of sp³-hybridized carbons (Fsp3) is 1.00. The van der Waals surface area contributed by atoms with Crippen LogP contribution in [0, 0.1) is 0 Å². The average molecular weight is 209 g/mol. The molecule has 0 aliphatic carbocycles. The van der Waals surface area contributed by atoms with Gasteiger partial charge in [0.05, 0.1) is 0 Å². The first-order valence-electron chi connectivity index (χ1n) is 3.07. The van der Waals surface area contributed by atoms with Crippen molar-refractivity contribution >= 4 is 0 Å². The molecule has 0 aromatic rings. The molecule has 0 aromatic carbocycles. The molecule has 0 saturated carbocycles. The van der Waals surface area contributed by atoms with Gasteiger partial charge in [-0.1, -0.05) is 0 Å². The molecule has 0 saturated heterocycles. The van der Waals surface area contributed by atoms with E-state index in [1.807, 2.05) is 27.7 Å². The summed E-state index contributed by atoms with van der Waals surface area (Å²) in [5, 5.41) is 0. The zero-order chi connectivity index (χ0) is 7.28. The molecule has 0 amide bonds. The molecule has 0 heterocycles. The van der Waals surface area contributed by atoms with Gasteiger partial charge in [-0.3, -0.25) is 0 Å². The Hall–Kier alpha value is 0.729. The fourth-order valence-corrected chi connectivity index (χ4v) is 0.642. The van der Waals surface area contributed by atoms with E-state index in [4.69, 9.17) is 7.64 Å². The number of rotatable bonds is 4. The zero-order valence-corrected chi connectivity index (χ0v) is 8.56. The number of hydrogen-bond donors (Lipinski definition) is 0. The molecule has 0 N–H and O–H groups in total. The van der Waals surface area contributed by atoms with Gasteiger partial charge < -0.3 is 12.4 Å². The summed E-state index contributed by atoms with van der Waals surface area (Å²) in [6.07, 6.45) is 0.535. The second-order valence-electron chi connectivity index (χ2n) is 2.32. The van der Waals surface area contributed by atoms with Crippen LogP contribution >= 0.6 is 0 Å². The van der Waals surface area contributed by atoms with Crippen molar-refractivity contribution in [1.29, 1.82) is 0 Å². The molecule has 0 fully saturated rings. The van der Waals surface area contributed by atoms with Crippen molar-refractivity contribution in [3.8, 4) is 0 Å². The van der Waals surface area contributed by atoms with Crippen molar-refractivity contribution in [3.05, 3.63) is 0 Å². The predicted molar refractivity (Wildman–Crippen MR) is 32.4 cm³/mol. The molecule has 65 valence electrons. The van der Waals surface area contributed by atoms with E-state index in [0.29, 0.717) is 15.6 Å². The Labute approximate surface area is 75.9 Å². The number of halogens is 1. The zero-order valence-electron chi connectivity index (χ0n) is 6.70. The van der Waals surface area contributed by atoms with E-state index in [9.17, 15) is 0 Å². The van der Waals surface area contributed by atoms with Gasteiger partial charge in [0.15, 0.2) is 0 Å². The molecule has 4 heteroatoms. The first-order valence-corrected chi connectivity index (χ1v) is 3.97. The van der Waals surface area contributed by atoms with Crippen LogP contribution in [0.1, 0.15) is 27.7 Å². The molecule has 0 aliphatic rings. The summed E-state index contributed by atoms with van der Waals surface area (Å²) in [5.41, 5.74) is 0. The van der Waals surface area contributed by atoms with Crippen molar-refractivity contribution in [2.24, 2.45) is 0 Å². The minimum atomic E-state index is 0. The molecule has 2 nitrogen and oxygen atoms in total. The maximum absolute atomic E-state index is 5.13. The van der Waals surface area contributed by atoms with Crippen LogP contribution in [0.2, 0.25) is 0 Å². The van der Waals surface area contributed by atoms with Gasteiger partial charge in [-0.2, -0.15) is 0 Å². The smallest absolute Gasteiger partial charge is 1.00 e. The molecule has 0 spiro atoms. The predicted octanol–water partition coefficient (Wildman–Crippen LogP) is -1.25. The Kier molecular flexibility index (Phi) is 10.4. The molecule has 0 unspecified atom stereocenters. The van der Waals surface area contributed by atoms with E-state index in [1.54, 1.807) is 0 Å². The van der Waals surface area contributed by atoms with Gasteiger partial charge in [0.2, 0.25) is 0 Å². The normalized spacial score (nSPS) is 10.2. The maximum atomic E-state index is 5.13. The van der Waals surface area contributed by atoms with Crippen LogP contribution in [0.5, 0.6) is 0 Å². The summed E-state index contributed by atoms with van der Waals surface area (Å²) in [6.45, 7) is 7.96. The first-order chi connectivity index (χ1) is 4.13. The summed E-state index contributed by atoms with van der Waals surface area (Å²) in [5.74, 6) is 0. The standard InChI is InChI=1S/2C3H7O.ClH.Fe/c2*1-3(2)4;;/h2*3H,1-2H3;1H;/q2*-1;;+3/p-1. The number of hydrogen-bond acceptors (Lipinski definition) is 2. The van der Waals surface area contributed by atoms with Gasteiger partial charge in [0, 0.05) is 0 Å². The molecule has 10 heavy (non-hydrogen) atoms. The van der Waals surface area contributed by atoms with Gasteiger partial charge in [-0.15, -0.1) is 0 Å². The van der Waals surface area contributed by atoms with E-state index < -0.39 is 0 Å². The summed E-state index contributed by atoms with van der Waals surface area (Å²) in [7, 11) is 0. The van der Waals surface area contributed by atoms with Crippen LogP contribution in [0.3, 0.4) is 0 Å². The molecule has 0 aromatic heterocycles. The molecule has 0 rings (SSSR count). The molecule has 0 radical (unpaired) electrons. The van der Waals surface area contributed by atoms with Crippen LogP contribution in [0.25, 0.3) is 0 Å². The van der Waals surface area contributed by atoms with Crippen molar-refractivity contribution < 1.29 is 35.7 Å². The Bertz CT molecular complexity index is 60.8. The fourth-order valence-electron chi connectivity index (χ4n) is 0.156. The van der Waals surface area contributed by atoms with Gasteiger partial charge in [0.1, 0.15) is 0 Å². The minimum absolute atomic E-state index is 0. The van der Waals surface area contributed by atoms with Crippen LogP contribution in [0.15, 0.2) is 0 Å². The molecule has 0 aliphatic heterocycles. The Morgan fingerprint density at radius 1 is 0.900 bits per heavy atom. The van der Waals surface area contributed by atoms with E-state index in [0.717, 1.165) is 0 Å². The topological polar surface area (TPSA) is 18.5 Å². The Morgan fingerprint density at radius 2 is 1.20 bits per heavy atom. The monoisotopic (exact) mass is 209 g/mol. The summed E-state index contributed by atoms with van der Waals surface area (Å²) < 4.78 is 10.3. The largest absolute Gasteiger partial charge is 1.00 e. The van der Waals surface area contributed by atoms with Crippen molar-refractivity contribution in [1.82, 2.24) is 0 Å². The van der Waals surface area contributed by atoms with E-state index in [-0.39, 0.29) is 24.6 Å². The van der Waals surface area contributed by atoms with Crippen molar-refractivity contribution in [3.63, 3.8) is 0 Å². The van der Waals surface area contributed by atoms with Crippen LogP contribution in [-0.2, 0) is 23.3 Å². The van der Waals surface area contributed by atoms with E-state index in [1.165, 1.54) is 0 Å². The van der Waals surface area contributed by atoms with E-state index in [2.05, 4.69) is 0 Å². The molecule has 0 atom stereocenters. The maximum Gasteiger partial charge on any atom is -1.00 e. The third-order valence-electron chi connectivity index (χ3n) is 0.401. The van der Waals surface area contributed by atoms with Crippen LogP contribution < -0.4 is 12.4 Å². The summed E-state index contributed by atoms with van der Waals surface area (Å²) >= 11 is 0.412. The second kappa shape index (κ2) is 7.83.